The van der Waals surface area contributed by atoms with Gasteiger partial charge in [-0.15, -0.1) is 0 Å². The normalized spacial score (nSPS) is 21.8. The molecule has 2 rings (SSSR count). The molecule has 0 bridgehead atoms. The number of aryl methyl sites for hydroxylation is 1. The molecule has 1 aliphatic heterocycles. The second kappa shape index (κ2) is 3.70. The van der Waals surface area contributed by atoms with Crippen LogP contribution in [0.2, 0.25) is 0 Å². The van der Waals surface area contributed by atoms with Crippen molar-refractivity contribution in [2.75, 3.05) is 18.4 Å². The third-order valence-electron chi connectivity index (χ3n) is 2.19. The molecule has 2 heterocycles. The Kier molecular flexibility index (Phi) is 2.40. The van der Waals surface area contributed by atoms with Gasteiger partial charge in [0.25, 0.3) is 0 Å². The van der Waals surface area contributed by atoms with Crippen molar-refractivity contribution in [1.82, 2.24) is 15.3 Å². The number of nitrogens with zero attached hydrogens (tertiary/aromatic N) is 2. The van der Waals surface area contributed by atoms with E-state index in [4.69, 9.17) is 0 Å². The van der Waals surface area contributed by atoms with Gasteiger partial charge >= 0.3 is 0 Å². The Morgan fingerprint density at radius 1 is 1.62 bits per heavy atom. The van der Waals surface area contributed by atoms with Crippen LogP contribution in [0.1, 0.15) is 12.1 Å². The molecule has 1 saturated heterocycles. The van der Waals surface area contributed by atoms with Crippen LogP contribution in [-0.2, 0) is 0 Å². The molecule has 1 atom stereocenters. The SMILES string of the molecule is Cc1ccnc(NC2CCNC2)n1. The van der Waals surface area contributed by atoms with Gasteiger partial charge in [-0.05, 0) is 26.0 Å². The van der Waals surface area contributed by atoms with Gasteiger partial charge in [0.1, 0.15) is 0 Å². The molecule has 0 aromatic carbocycles. The van der Waals surface area contributed by atoms with Crippen LogP contribution in [0, 0.1) is 6.92 Å². The fraction of sp³-hybridized carbons (Fsp3) is 0.556. The summed E-state index contributed by atoms with van der Waals surface area (Å²) in [6.45, 7) is 4.07. The first-order valence-corrected chi connectivity index (χ1v) is 4.61. The highest BCUT2D eigenvalue weighted by atomic mass is 15.1. The van der Waals surface area contributed by atoms with E-state index in [1.54, 1.807) is 6.20 Å². The number of aromatic nitrogens is 2. The molecule has 0 spiro atoms. The van der Waals surface area contributed by atoms with Crippen molar-refractivity contribution in [2.24, 2.45) is 0 Å². The molecule has 0 amide bonds. The molecule has 13 heavy (non-hydrogen) atoms. The molecule has 0 radical (unpaired) electrons. The number of hydrogen-bond acceptors (Lipinski definition) is 4. The molecule has 1 aliphatic rings. The van der Waals surface area contributed by atoms with Crippen molar-refractivity contribution in [2.45, 2.75) is 19.4 Å². The average molecular weight is 178 g/mol. The monoisotopic (exact) mass is 178 g/mol. The minimum Gasteiger partial charge on any atom is -0.350 e. The molecule has 1 fully saturated rings. The van der Waals surface area contributed by atoms with Gasteiger partial charge in [-0.25, -0.2) is 9.97 Å². The molecule has 2 N–H and O–H groups in total. The van der Waals surface area contributed by atoms with Gasteiger partial charge in [0.15, 0.2) is 0 Å². The van der Waals surface area contributed by atoms with Crippen LogP contribution >= 0.6 is 0 Å². The van der Waals surface area contributed by atoms with E-state index in [0.717, 1.165) is 31.2 Å². The van der Waals surface area contributed by atoms with E-state index < -0.39 is 0 Å². The van der Waals surface area contributed by atoms with Crippen LogP contribution in [0.5, 0.6) is 0 Å². The number of hydrogen-bond donors (Lipinski definition) is 2. The van der Waals surface area contributed by atoms with E-state index >= 15 is 0 Å². The summed E-state index contributed by atoms with van der Waals surface area (Å²) in [5.74, 6) is 0.744. The molecule has 0 saturated carbocycles. The van der Waals surface area contributed by atoms with E-state index in [1.807, 2.05) is 13.0 Å². The summed E-state index contributed by atoms with van der Waals surface area (Å²) in [4.78, 5) is 8.44. The first-order chi connectivity index (χ1) is 6.34. The van der Waals surface area contributed by atoms with E-state index in [-0.39, 0.29) is 0 Å². The molecule has 1 unspecified atom stereocenters. The number of rotatable bonds is 2. The van der Waals surface area contributed by atoms with Gasteiger partial charge in [-0.2, -0.15) is 0 Å². The molecule has 1 aromatic heterocycles. The lowest BCUT2D eigenvalue weighted by molar-refractivity contribution is 0.779. The highest BCUT2D eigenvalue weighted by Crippen LogP contribution is 2.05. The second-order valence-corrected chi connectivity index (χ2v) is 3.36. The molecular weight excluding hydrogens is 164 g/mol. The van der Waals surface area contributed by atoms with Crippen molar-refractivity contribution in [1.29, 1.82) is 0 Å². The average Bonchev–Trinajstić information content (AvgIpc) is 2.57. The fourth-order valence-corrected chi connectivity index (χ4v) is 1.48. The van der Waals surface area contributed by atoms with Gasteiger partial charge in [-0.3, -0.25) is 0 Å². The van der Waals surface area contributed by atoms with Crippen LogP contribution in [0.15, 0.2) is 12.3 Å². The molecular formula is C9H14N4. The second-order valence-electron chi connectivity index (χ2n) is 3.36. The standard InChI is InChI=1S/C9H14N4/c1-7-2-5-11-9(12-7)13-8-3-4-10-6-8/h2,5,8,10H,3-4,6H2,1H3,(H,11,12,13). The van der Waals surface area contributed by atoms with Gasteiger partial charge in [0.05, 0.1) is 0 Å². The highest BCUT2D eigenvalue weighted by Gasteiger charge is 2.14. The summed E-state index contributed by atoms with van der Waals surface area (Å²) in [5.41, 5.74) is 1.00. The maximum absolute atomic E-state index is 4.29. The van der Waals surface area contributed by atoms with Crippen molar-refractivity contribution in [3.8, 4) is 0 Å². The van der Waals surface area contributed by atoms with Crippen LogP contribution < -0.4 is 10.6 Å². The Bertz CT molecular complexity index is 281. The zero-order valence-electron chi connectivity index (χ0n) is 7.75. The zero-order valence-corrected chi connectivity index (χ0v) is 7.75. The Hall–Kier alpha value is -1.16. The van der Waals surface area contributed by atoms with Crippen molar-refractivity contribution in [3.05, 3.63) is 18.0 Å². The van der Waals surface area contributed by atoms with Crippen LogP contribution in [-0.4, -0.2) is 29.1 Å². The Morgan fingerprint density at radius 3 is 3.23 bits per heavy atom. The number of anilines is 1. The van der Waals surface area contributed by atoms with Gasteiger partial charge in [0.2, 0.25) is 5.95 Å². The first-order valence-electron chi connectivity index (χ1n) is 4.61. The smallest absolute Gasteiger partial charge is 0.223 e. The molecule has 0 aliphatic carbocycles. The maximum Gasteiger partial charge on any atom is 0.223 e. The minimum atomic E-state index is 0.488. The summed E-state index contributed by atoms with van der Waals surface area (Å²) in [5, 5.41) is 6.59. The predicted octanol–water partition coefficient (Wildman–Crippen LogP) is 0.559. The van der Waals surface area contributed by atoms with Crippen LogP contribution in [0.25, 0.3) is 0 Å². The molecule has 4 heteroatoms. The summed E-state index contributed by atoms with van der Waals surface area (Å²) in [6, 6.07) is 2.39. The first kappa shape index (κ1) is 8.44. The van der Waals surface area contributed by atoms with E-state index in [1.165, 1.54) is 0 Å². The summed E-state index contributed by atoms with van der Waals surface area (Å²) < 4.78 is 0. The maximum atomic E-state index is 4.29. The summed E-state index contributed by atoms with van der Waals surface area (Å²) in [7, 11) is 0. The van der Waals surface area contributed by atoms with E-state index in [9.17, 15) is 0 Å². The fourth-order valence-electron chi connectivity index (χ4n) is 1.48. The van der Waals surface area contributed by atoms with E-state index in [2.05, 4.69) is 20.6 Å². The Labute approximate surface area is 77.8 Å². The molecule has 4 nitrogen and oxygen atoms in total. The third-order valence-corrected chi connectivity index (χ3v) is 2.19. The summed E-state index contributed by atoms with van der Waals surface area (Å²) >= 11 is 0. The third kappa shape index (κ3) is 2.15. The van der Waals surface area contributed by atoms with Crippen molar-refractivity contribution >= 4 is 5.95 Å². The summed E-state index contributed by atoms with van der Waals surface area (Å²) in [6.07, 6.45) is 2.93. The van der Waals surface area contributed by atoms with Crippen LogP contribution in [0.3, 0.4) is 0 Å². The lowest BCUT2D eigenvalue weighted by atomic mass is 10.3. The largest absolute Gasteiger partial charge is 0.350 e. The van der Waals surface area contributed by atoms with E-state index in [0.29, 0.717) is 6.04 Å². The minimum absolute atomic E-state index is 0.488. The zero-order chi connectivity index (χ0) is 9.10. The Morgan fingerprint density at radius 2 is 2.54 bits per heavy atom. The van der Waals surface area contributed by atoms with Gasteiger partial charge in [-0.1, -0.05) is 0 Å². The molecule has 70 valence electrons. The predicted molar refractivity (Wildman–Crippen MR) is 51.7 cm³/mol. The van der Waals surface area contributed by atoms with Crippen LogP contribution in [0.4, 0.5) is 5.95 Å². The van der Waals surface area contributed by atoms with Gasteiger partial charge < -0.3 is 10.6 Å². The lowest BCUT2D eigenvalue weighted by Gasteiger charge is -2.10. The Balaban J connectivity index is 2.00. The molecule has 1 aromatic rings. The van der Waals surface area contributed by atoms with Crippen molar-refractivity contribution < 1.29 is 0 Å². The highest BCUT2D eigenvalue weighted by molar-refractivity contribution is 5.27. The lowest BCUT2D eigenvalue weighted by Crippen LogP contribution is -2.23. The van der Waals surface area contributed by atoms with Gasteiger partial charge in [0, 0.05) is 24.5 Å². The number of nitrogens with one attached hydrogen (secondary N) is 2. The quantitative estimate of drug-likeness (QED) is 0.694. The van der Waals surface area contributed by atoms with Crippen molar-refractivity contribution in [3.63, 3.8) is 0 Å². The topological polar surface area (TPSA) is 49.8 Å².